The third-order valence-electron chi connectivity index (χ3n) is 3.12. The van der Waals surface area contributed by atoms with Crippen molar-refractivity contribution in [2.24, 2.45) is 7.05 Å². The summed E-state index contributed by atoms with van der Waals surface area (Å²) in [6, 6.07) is 6.88. The Morgan fingerprint density at radius 2 is 2.29 bits per heavy atom. The average Bonchev–Trinajstić information content (AvgIpc) is 2.79. The van der Waals surface area contributed by atoms with Crippen molar-refractivity contribution >= 4 is 27.7 Å². The molecule has 1 heterocycles. The van der Waals surface area contributed by atoms with Gasteiger partial charge >= 0.3 is 0 Å². The van der Waals surface area contributed by atoms with Crippen molar-refractivity contribution in [1.82, 2.24) is 15.1 Å². The van der Waals surface area contributed by atoms with Gasteiger partial charge < -0.3 is 5.32 Å². The molecule has 1 aromatic carbocycles. The molecule has 0 aliphatic heterocycles. The number of rotatable bonds is 7. The van der Waals surface area contributed by atoms with E-state index in [2.05, 4.69) is 33.3 Å². The molecule has 0 radical (unpaired) electrons. The third-order valence-corrected chi connectivity index (χ3v) is 4.82. The lowest BCUT2D eigenvalue weighted by Crippen LogP contribution is -2.26. The van der Waals surface area contributed by atoms with Gasteiger partial charge in [-0.2, -0.15) is 5.10 Å². The Hall–Kier alpha value is -0.850. The van der Waals surface area contributed by atoms with Gasteiger partial charge in [-0.05, 0) is 47.1 Å². The number of hydrogen-bond donors (Lipinski definition) is 1. The van der Waals surface area contributed by atoms with E-state index in [4.69, 9.17) is 0 Å². The van der Waals surface area contributed by atoms with Crippen LogP contribution in [0, 0.1) is 5.82 Å². The molecule has 6 heteroatoms. The highest BCUT2D eigenvalue weighted by Crippen LogP contribution is 2.29. The van der Waals surface area contributed by atoms with E-state index in [0.717, 1.165) is 33.8 Å². The van der Waals surface area contributed by atoms with Crippen LogP contribution in [0.25, 0.3) is 0 Å². The summed E-state index contributed by atoms with van der Waals surface area (Å²) < 4.78 is 16.1. The Labute approximate surface area is 137 Å². The summed E-state index contributed by atoms with van der Waals surface area (Å²) in [5.41, 5.74) is 1.12. The molecule has 21 heavy (non-hydrogen) atoms. The molecule has 1 aromatic heterocycles. The lowest BCUT2D eigenvalue weighted by Gasteiger charge is -2.19. The topological polar surface area (TPSA) is 29.9 Å². The summed E-state index contributed by atoms with van der Waals surface area (Å²) in [4.78, 5) is 0.941. The van der Waals surface area contributed by atoms with Crippen molar-refractivity contribution in [3.8, 4) is 0 Å². The first-order valence-corrected chi connectivity index (χ1v) is 8.68. The average molecular weight is 372 g/mol. The highest BCUT2D eigenvalue weighted by Gasteiger charge is 2.18. The summed E-state index contributed by atoms with van der Waals surface area (Å²) in [7, 11) is 1.94. The van der Waals surface area contributed by atoms with E-state index in [-0.39, 0.29) is 11.9 Å². The number of nitrogens with one attached hydrogen (secondary N) is 1. The van der Waals surface area contributed by atoms with Crippen LogP contribution in [0.4, 0.5) is 4.39 Å². The fourth-order valence-corrected chi connectivity index (χ4v) is 3.73. The molecule has 0 aliphatic carbocycles. The Morgan fingerprint density at radius 3 is 2.90 bits per heavy atom. The van der Waals surface area contributed by atoms with Gasteiger partial charge in [0.25, 0.3) is 0 Å². The van der Waals surface area contributed by atoms with Gasteiger partial charge in [-0.3, -0.25) is 4.68 Å². The SMILES string of the molecule is CCCNC(CSc1cccc(F)c1)c1c(Br)cnn1C. The lowest BCUT2D eigenvalue weighted by atomic mass is 10.2. The second-order valence-electron chi connectivity index (χ2n) is 4.78. The lowest BCUT2D eigenvalue weighted by molar-refractivity contribution is 0.533. The maximum atomic E-state index is 13.2. The third kappa shape index (κ3) is 4.56. The van der Waals surface area contributed by atoms with Crippen molar-refractivity contribution in [3.63, 3.8) is 0 Å². The molecule has 1 unspecified atom stereocenters. The number of aryl methyl sites for hydroxylation is 1. The molecule has 0 bridgehead atoms. The fourth-order valence-electron chi connectivity index (χ4n) is 2.10. The number of nitrogens with zero attached hydrogens (tertiary/aromatic N) is 2. The van der Waals surface area contributed by atoms with Crippen LogP contribution in [0.2, 0.25) is 0 Å². The summed E-state index contributed by atoms with van der Waals surface area (Å²) >= 11 is 5.20. The molecule has 0 aliphatic rings. The smallest absolute Gasteiger partial charge is 0.124 e. The van der Waals surface area contributed by atoms with Crippen molar-refractivity contribution in [2.45, 2.75) is 24.3 Å². The van der Waals surface area contributed by atoms with Gasteiger partial charge in [0, 0.05) is 17.7 Å². The molecule has 3 nitrogen and oxygen atoms in total. The molecular weight excluding hydrogens is 353 g/mol. The van der Waals surface area contributed by atoms with Crippen LogP contribution in [-0.4, -0.2) is 22.1 Å². The summed E-state index contributed by atoms with van der Waals surface area (Å²) in [6.07, 6.45) is 2.87. The Morgan fingerprint density at radius 1 is 1.48 bits per heavy atom. The second-order valence-corrected chi connectivity index (χ2v) is 6.72. The largest absolute Gasteiger partial charge is 0.308 e. The quantitative estimate of drug-likeness (QED) is 0.741. The zero-order valence-corrected chi connectivity index (χ0v) is 14.5. The Bertz CT molecular complexity index is 569. The minimum absolute atomic E-state index is 0.167. The monoisotopic (exact) mass is 371 g/mol. The predicted octanol–water partition coefficient (Wildman–Crippen LogP) is 4.15. The second kappa shape index (κ2) is 7.96. The maximum Gasteiger partial charge on any atom is 0.124 e. The van der Waals surface area contributed by atoms with Crippen molar-refractivity contribution in [1.29, 1.82) is 0 Å². The number of halogens is 2. The van der Waals surface area contributed by atoms with Gasteiger partial charge in [0.05, 0.1) is 22.4 Å². The molecule has 0 fully saturated rings. The van der Waals surface area contributed by atoms with Crippen LogP contribution in [-0.2, 0) is 7.05 Å². The molecular formula is C15H19BrFN3S. The van der Waals surface area contributed by atoms with Crippen molar-refractivity contribution in [2.75, 3.05) is 12.3 Å². The number of benzene rings is 1. The van der Waals surface area contributed by atoms with Crippen LogP contribution in [0.15, 0.2) is 39.8 Å². The molecule has 2 aromatic rings. The Balaban J connectivity index is 2.10. The molecule has 0 amide bonds. The standard InChI is InChI=1S/C15H19BrFN3S/c1-3-7-18-14(15-13(16)9-19-20(15)2)10-21-12-6-4-5-11(17)8-12/h4-6,8-9,14,18H,3,7,10H2,1-2H3. The van der Waals surface area contributed by atoms with Crippen LogP contribution < -0.4 is 5.32 Å². The van der Waals surface area contributed by atoms with E-state index in [0.29, 0.717) is 0 Å². The van der Waals surface area contributed by atoms with Crippen LogP contribution in [0.1, 0.15) is 25.1 Å². The summed E-state index contributed by atoms with van der Waals surface area (Å²) in [5, 5.41) is 7.81. The minimum atomic E-state index is -0.195. The highest BCUT2D eigenvalue weighted by molar-refractivity contribution is 9.10. The van der Waals surface area contributed by atoms with E-state index >= 15 is 0 Å². The summed E-state index contributed by atoms with van der Waals surface area (Å²) in [5.74, 6) is 0.626. The van der Waals surface area contributed by atoms with Gasteiger partial charge in [-0.1, -0.05) is 13.0 Å². The Kier molecular flexibility index (Phi) is 6.26. The van der Waals surface area contributed by atoms with Gasteiger partial charge in [0.15, 0.2) is 0 Å². The van der Waals surface area contributed by atoms with Crippen molar-refractivity contribution < 1.29 is 4.39 Å². The first kappa shape index (κ1) is 16.5. The van der Waals surface area contributed by atoms with Crippen LogP contribution in [0.5, 0.6) is 0 Å². The minimum Gasteiger partial charge on any atom is -0.308 e. The normalized spacial score (nSPS) is 12.6. The van der Waals surface area contributed by atoms with Gasteiger partial charge in [-0.25, -0.2) is 4.39 Å². The maximum absolute atomic E-state index is 13.2. The molecule has 0 spiro atoms. The van der Waals surface area contributed by atoms with E-state index in [9.17, 15) is 4.39 Å². The van der Waals surface area contributed by atoms with E-state index < -0.39 is 0 Å². The number of aromatic nitrogens is 2. The van der Waals surface area contributed by atoms with E-state index in [1.54, 1.807) is 23.9 Å². The van der Waals surface area contributed by atoms with Crippen LogP contribution in [0.3, 0.4) is 0 Å². The van der Waals surface area contributed by atoms with Gasteiger partial charge in [0.1, 0.15) is 5.82 Å². The van der Waals surface area contributed by atoms with Crippen LogP contribution >= 0.6 is 27.7 Å². The predicted molar refractivity (Wildman–Crippen MR) is 89.1 cm³/mol. The fraction of sp³-hybridized carbons (Fsp3) is 0.400. The number of hydrogen-bond acceptors (Lipinski definition) is 3. The molecule has 1 N–H and O–H groups in total. The zero-order valence-electron chi connectivity index (χ0n) is 12.1. The molecule has 114 valence electrons. The van der Waals surface area contributed by atoms with E-state index in [1.807, 2.05) is 24.0 Å². The molecule has 1 atom stereocenters. The van der Waals surface area contributed by atoms with Gasteiger partial charge in [-0.15, -0.1) is 11.8 Å². The molecule has 0 saturated heterocycles. The van der Waals surface area contributed by atoms with Crippen molar-refractivity contribution in [3.05, 3.63) is 46.4 Å². The first-order chi connectivity index (χ1) is 10.1. The van der Waals surface area contributed by atoms with E-state index in [1.165, 1.54) is 6.07 Å². The highest BCUT2D eigenvalue weighted by atomic mass is 79.9. The van der Waals surface area contributed by atoms with Gasteiger partial charge in [0.2, 0.25) is 0 Å². The molecule has 2 rings (SSSR count). The first-order valence-electron chi connectivity index (χ1n) is 6.91. The zero-order chi connectivity index (χ0) is 15.2. The number of thioether (sulfide) groups is 1. The molecule has 0 saturated carbocycles. The summed E-state index contributed by atoms with van der Waals surface area (Å²) in [6.45, 7) is 3.08.